The minimum absolute atomic E-state index is 0.00449. The zero-order chi connectivity index (χ0) is 11.2. The van der Waals surface area contributed by atoms with Crippen molar-refractivity contribution in [1.29, 1.82) is 0 Å². The van der Waals surface area contributed by atoms with Crippen LogP contribution in [0.2, 0.25) is 0 Å². The molecule has 0 aromatic carbocycles. The molecule has 0 bridgehead atoms. The maximum atomic E-state index is 12.0. The summed E-state index contributed by atoms with van der Waals surface area (Å²) in [6.45, 7) is 3.76. The van der Waals surface area contributed by atoms with Crippen molar-refractivity contribution in [3.05, 3.63) is 0 Å². The number of carbonyl (C=O) groups excluding carboxylic acids is 2. The van der Waals surface area contributed by atoms with Gasteiger partial charge in [-0.3, -0.25) is 14.5 Å². The normalized spacial score (nSPS) is 36.3. The first-order valence-corrected chi connectivity index (χ1v) is 5.65. The zero-order valence-electron chi connectivity index (χ0n) is 9.27. The molecule has 2 fully saturated rings. The first-order valence-electron chi connectivity index (χ1n) is 5.65. The van der Waals surface area contributed by atoms with E-state index in [2.05, 4.69) is 0 Å². The standard InChI is InChI=1S/C11H18N2O2/c1-6(2)13-10(14)8-4-3-7(12)5-9(8)11(13)15/h6-9H,3-5,12H2,1-2H3. The molecule has 84 valence electrons. The van der Waals surface area contributed by atoms with Crippen molar-refractivity contribution in [3.63, 3.8) is 0 Å². The van der Waals surface area contributed by atoms with E-state index < -0.39 is 0 Å². The number of imide groups is 1. The van der Waals surface area contributed by atoms with Crippen LogP contribution < -0.4 is 5.73 Å². The molecule has 2 amide bonds. The summed E-state index contributed by atoms with van der Waals surface area (Å²) in [5, 5.41) is 0. The fourth-order valence-electron chi connectivity index (χ4n) is 2.75. The number of hydrogen-bond donors (Lipinski definition) is 1. The van der Waals surface area contributed by atoms with Crippen LogP contribution in [-0.4, -0.2) is 28.8 Å². The maximum absolute atomic E-state index is 12.0. The third-order valence-corrected chi connectivity index (χ3v) is 3.52. The van der Waals surface area contributed by atoms with Crippen molar-refractivity contribution in [2.75, 3.05) is 0 Å². The average molecular weight is 210 g/mol. The molecule has 1 saturated heterocycles. The van der Waals surface area contributed by atoms with Gasteiger partial charge in [-0.05, 0) is 33.1 Å². The molecule has 0 aromatic rings. The highest BCUT2D eigenvalue weighted by molar-refractivity contribution is 6.05. The van der Waals surface area contributed by atoms with Crippen LogP contribution in [0.5, 0.6) is 0 Å². The van der Waals surface area contributed by atoms with Gasteiger partial charge in [0.1, 0.15) is 0 Å². The van der Waals surface area contributed by atoms with Crippen LogP contribution in [0.3, 0.4) is 0 Å². The van der Waals surface area contributed by atoms with E-state index in [0.29, 0.717) is 6.42 Å². The fraction of sp³-hybridized carbons (Fsp3) is 0.818. The Labute approximate surface area is 89.8 Å². The summed E-state index contributed by atoms with van der Waals surface area (Å²) in [7, 11) is 0. The van der Waals surface area contributed by atoms with Gasteiger partial charge >= 0.3 is 0 Å². The van der Waals surface area contributed by atoms with Crippen LogP contribution in [0, 0.1) is 11.8 Å². The van der Waals surface area contributed by atoms with Gasteiger partial charge in [0, 0.05) is 12.1 Å². The van der Waals surface area contributed by atoms with E-state index in [0.717, 1.165) is 12.8 Å². The third kappa shape index (κ3) is 1.57. The van der Waals surface area contributed by atoms with Crippen molar-refractivity contribution < 1.29 is 9.59 Å². The van der Waals surface area contributed by atoms with Crippen LogP contribution >= 0.6 is 0 Å². The van der Waals surface area contributed by atoms with Gasteiger partial charge in [0.15, 0.2) is 0 Å². The number of hydrogen-bond acceptors (Lipinski definition) is 3. The molecule has 15 heavy (non-hydrogen) atoms. The predicted octanol–water partition coefficient (Wildman–Crippen LogP) is 0.507. The van der Waals surface area contributed by atoms with Gasteiger partial charge in [-0.1, -0.05) is 0 Å². The Morgan fingerprint density at radius 3 is 2.40 bits per heavy atom. The summed E-state index contributed by atoms with van der Waals surface area (Å²) in [6, 6.07) is 0.0712. The van der Waals surface area contributed by atoms with Crippen molar-refractivity contribution in [3.8, 4) is 0 Å². The molecule has 3 unspecified atom stereocenters. The lowest BCUT2D eigenvalue weighted by Gasteiger charge is -2.25. The Kier molecular flexibility index (Phi) is 2.54. The molecule has 1 aliphatic heterocycles. The second kappa shape index (κ2) is 3.59. The Hall–Kier alpha value is -0.900. The van der Waals surface area contributed by atoms with Crippen molar-refractivity contribution in [2.45, 2.75) is 45.2 Å². The minimum atomic E-state index is -0.136. The zero-order valence-corrected chi connectivity index (χ0v) is 9.27. The summed E-state index contributed by atoms with van der Waals surface area (Å²) in [5.41, 5.74) is 5.84. The van der Waals surface area contributed by atoms with Crippen LogP contribution in [0.1, 0.15) is 33.1 Å². The number of nitrogens with two attached hydrogens (primary N) is 1. The van der Waals surface area contributed by atoms with Gasteiger partial charge < -0.3 is 5.73 Å². The highest BCUT2D eigenvalue weighted by Gasteiger charge is 2.50. The van der Waals surface area contributed by atoms with Crippen molar-refractivity contribution in [1.82, 2.24) is 4.90 Å². The van der Waals surface area contributed by atoms with E-state index in [1.807, 2.05) is 13.8 Å². The molecule has 1 aliphatic carbocycles. The minimum Gasteiger partial charge on any atom is -0.328 e. The molecule has 0 spiro atoms. The summed E-state index contributed by atoms with van der Waals surface area (Å²) in [6.07, 6.45) is 2.32. The monoisotopic (exact) mass is 210 g/mol. The summed E-state index contributed by atoms with van der Waals surface area (Å²) < 4.78 is 0. The number of carbonyl (C=O) groups is 2. The molecular formula is C11H18N2O2. The second-order valence-electron chi connectivity index (χ2n) is 4.93. The molecule has 2 N–H and O–H groups in total. The summed E-state index contributed by atoms with van der Waals surface area (Å²) in [5.74, 6) is -0.203. The fourth-order valence-corrected chi connectivity index (χ4v) is 2.75. The molecule has 4 nitrogen and oxygen atoms in total. The SMILES string of the molecule is CC(C)N1C(=O)C2CCC(N)CC2C1=O. The summed E-state index contributed by atoms with van der Waals surface area (Å²) in [4.78, 5) is 25.4. The maximum Gasteiger partial charge on any atom is 0.233 e. The largest absolute Gasteiger partial charge is 0.328 e. The van der Waals surface area contributed by atoms with Crippen molar-refractivity contribution >= 4 is 11.8 Å². The van der Waals surface area contributed by atoms with Gasteiger partial charge in [-0.15, -0.1) is 0 Å². The van der Waals surface area contributed by atoms with Crippen LogP contribution in [0.25, 0.3) is 0 Å². The van der Waals surface area contributed by atoms with Crippen LogP contribution in [0.4, 0.5) is 0 Å². The first-order chi connectivity index (χ1) is 7.02. The molecule has 0 aromatic heterocycles. The first kappa shape index (κ1) is 10.6. The van der Waals surface area contributed by atoms with E-state index in [1.54, 1.807) is 0 Å². The lowest BCUT2D eigenvalue weighted by molar-refractivity contribution is -0.141. The molecule has 2 aliphatic rings. The lowest BCUT2D eigenvalue weighted by atomic mass is 9.79. The van der Waals surface area contributed by atoms with Crippen LogP contribution in [0.15, 0.2) is 0 Å². The molecule has 1 heterocycles. The quantitative estimate of drug-likeness (QED) is 0.641. The predicted molar refractivity (Wildman–Crippen MR) is 55.8 cm³/mol. The van der Waals surface area contributed by atoms with E-state index in [1.165, 1.54) is 4.90 Å². The number of fused-ring (bicyclic) bond motifs is 1. The lowest BCUT2D eigenvalue weighted by Crippen LogP contribution is -2.37. The van der Waals surface area contributed by atoms with Gasteiger partial charge in [0.2, 0.25) is 11.8 Å². The van der Waals surface area contributed by atoms with Crippen LogP contribution in [-0.2, 0) is 9.59 Å². The van der Waals surface area contributed by atoms with Gasteiger partial charge in [0.05, 0.1) is 11.8 Å². The second-order valence-corrected chi connectivity index (χ2v) is 4.93. The van der Waals surface area contributed by atoms with Gasteiger partial charge in [-0.25, -0.2) is 0 Å². The van der Waals surface area contributed by atoms with E-state index in [-0.39, 0.29) is 35.7 Å². The topological polar surface area (TPSA) is 63.4 Å². The molecule has 1 saturated carbocycles. The van der Waals surface area contributed by atoms with E-state index in [4.69, 9.17) is 5.73 Å². The Balaban J connectivity index is 2.23. The summed E-state index contributed by atoms with van der Waals surface area (Å²) >= 11 is 0. The van der Waals surface area contributed by atoms with Gasteiger partial charge in [0.25, 0.3) is 0 Å². The molecule has 4 heteroatoms. The Bertz CT molecular complexity index is 301. The third-order valence-electron chi connectivity index (χ3n) is 3.52. The van der Waals surface area contributed by atoms with E-state index >= 15 is 0 Å². The Morgan fingerprint density at radius 1 is 1.20 bits per heavy atom. The van der Waals surface area contributed by atoms with Crippen molar-refractivity contribution in [2.24, 2.45) is 17.6 Å². The molecule has 2 rings (SSSR count). The van der Waals surface area contributed by atoms with Gasteiger partial charge in [-0.2, -0.15) is 0 Å². The number of likely N-dealkylation sites (tertiary alicyclic amines) is 1. The molecule has 3 atom stereocenters. The average Bonchev–Trinajstić information content (AvgIpc) is 2.39. The highest BCUT2D eigenvalue weighted by atomic mass is 16.2. The number of rotatable bonds is 1. The molecule has 0 radical (unpaired) electrons. The number of nitrogens with zero attached hydrogens (tertiary/aromatic N) is 1. The Morgan fingerprint density at radius 2 is 1.80 bits per heavy atom. The number of amides is 2. The molecular weight excluding hydrogens is 192 g/mol. The highest BCUT2D eigenvalue weighted by Crippen LogP contribution is 2.38. The van der Waals surface area contributed by atoms with E-state index in [9.17, 15) is 9.59 Å². The smallest absolute Gasteiger partial charge is 0.233 e.